The van der Waals surface area contributed by atoms with Crippen LogP contribution in [0, 0.1) is 6.07 Å². The van der Waals surface area contributed by atoms with Crippen LogP contribution in [0.1, 0.15) is 33.1 Å². The Morgan fingerprint density at radius 3 is 2.84 bits per heavy atom. The van der Waals surface area contributed by atoms with Crippen LogP contribution in [0.5, 0.6) is 11.5 Å². The molecule has 2 heterocycles. The Kier molecular flexibility index (Phi) is 8.82. The molecular formula is C24H27N4O3Y-. The fourth-order valence-electron chi connectivity index (χ4n) is 3.89. The van der Waals surface area contributed by atoms with Gasteiger partial charge in [0.25, 0.3) is 0 Å². The van der Waals surface area contributed by atoms with Gasteiger partial charge in [-0.25, -0.2) is 9.97 Å². The molecule has 0 bridgehead atoms. The molecule has 1 atom stereocenters. The quantitative estimate of drug-likeness (QED) is 0.456. The topological polar surface area (TPSA) is 76.6 Å². The predicted octanol–water partition coefficient (Wildman–Crippen LogP) is 4.35. The smallest absolute Gasteiger partial charge is 0.222 e. The first-order chi connectivity index (χ1) is 15.2. The van der Waals surface area contributed by atoms with Gasteiger partial charge in [0.2, 0.25) is 5.91 Å². The molecule has 0 aliphatic carbocycles. The number of ether oxygens (including phenoxy) is 2. The summed E-state index contributed by atoms with van der Waals surface area (Å²) >= 11 is 0. The van der Waals surface area contributed by atoms with Crippen LogP contribution in [0.3, 0.4) is 0 Å². The van der Waals surface area contributed by atoms with E-state index in [0.717, 1.165) is 36.0 Å². The zero-order valence-electron chi connectivity index (χ0n) is 18.5. The molecule has 4 rings (SSSR count). The number of hydrogen-bond acceptors (Lipinski definition) is 6. The number of nitrogens with one attached hydrogen (secondary N) is 1. The van der Waals surface area contributed by atoms with Gasteiger partial charge in [0.05, 0.1) is 23.6 Å². The maximum absolute atomic E-state index is 12.2. The van der Waals surface area contributed by atoms with Crippen molar-refractivity contribution in [2.75, 3.05) is 25.1 Å². The molecule has 1 saturated heterocycles. The van der Waals surface area contributed by atoms with Gasteiger partial charge in [-0.1, -0.05) is 18.7 Å². The van der Waals surface area contributed by atoms with E-state index >= 15 is 0 Å². The number of nitrogens with zero attached hydrogens (tertiary/aromatic N) is 3. The molecule has 7 nitrogen and oxygen atoms in total. The molecule has 1 fully saturated rings. The number of anilines is 2. The van der Waals surface area contributed by atoms with Crippen LogP contribution < -0.4 is 14.8 Å². The largest absolute Gasteiger partial charge is 0.520 e. The maximum atomic E-state index is 12.2. The van der Waals surface area contributed by atoms with E-state index < -0.39 is 0 Å². The minimum absolute atomic E-state index is 0. The third kappa shape index (κ3) is 5.56. The van der Waals surface area contributed by atoms with Gasteiger partial charge in [-0.05, 0) is 31.9 Å². The zero-order chi connectivity index (χ0) is 21.6. The Labute approximate surface area is 213 Å². The van der Waals surface area contributed by atoms with Crippen molar-refractivity contribution in [2.45, 2.75) is 39.2 Å². The van der Waals surface area contributed by atoms with Crippen molar-refractivity contribution >= 4 is 28.3 Å². The molecule has 0 saturated carbocycles. The molecule has 1 aliphatic heterocycles. The van der Waals surface area contributed by atoms with Crippen LogP contribution in [-0.4, -0.2) is 46.6 Å². The van der Waals surface area contributed by atoms with Gasteiger partial charge in [-0.2, -0.15) is 6.07 Å². The number of fused-ring (bicyclic) bond motifs is 1. The van der Waals surface area contributed by atoms with Gasteiger partial charge in [0.15, 0.2) is 0 Å². The fraction of sp³-hybridized carbons (Fsp3) is 0.375. The summed E-state index contributed by atoms with van der Waals surface area (Å²) in [6, 6.07) is 14.6. The molecule has 1 radical (unpaired) electrons. The molecule has 165 valence electrons. The number of likely N-dealkylation sites (tertiary alicyclic amines) is 1. The molecule has 1 N–H and O–H groups in total. The van der Waals surface area contributed by atoms with E-state index in [-0.39, 0.29) is 44.7 Å². The predicted molar refractivity (Wildman–Crippen MR) is 120 cm³/mol. The van der Waals surface area contributed by atoms with E-state index in [9.17, 15) is 4.79 Å². The van der Waals surface area contributed by atoms with Crippen LogP contribution in [-0.2, 0) is 37.5 Å². The summed E-state index contributed by atoms with van der Waals surface area (Å²) in [4.78, 5) is 23.0. The summed E-state index contributed by atoms with van der Waals surface area (Å²) in [6.45, 7) is 5.70. The van der Waals surface area contributed by atoms with E-state index in [2.05, 4.69) is 21.4 Å². The fourth-order valence-corrected chi connectivity index (χ4v) is 3.89. The zero-order valence-corrected chi connectivity index (χ0v) is 21.3. The minimum atomic E-state index is 0. The van der Waals surface area contributed by atoms with Crippen LogP contribution in [0.4, 0.5) is 11.5 Å². The molecule has 2 aromatic carbocycles. The van der Waals surface area contributed by atoms with E-state index in [1.54, 1.807) is 0 Å². The molecule has 32 heavy (non-hydrogen) atoms. The standard InChI is InChI=1S/C24H27N4O3.Y/c1-3-22(29)28-14-6-7-18(28)15-31-21-9-5-8-20-23(21)24(26-16-25-20)27-17-10-12-19(13-11-17)30-4-2;/h5,8-12,16,18H,3-4,6-7,14-15H2,1-2H3,(H,25,26,27);/q-1;. The molecule has 8 heteroatoms. The summed E-state index contributed by atoms with van der Waals surface area (Å²) in [5.74, 6) is 2.24. The second-order valence-electron chi connectivity index (χ2n) is 7.42. The summed E-state index contributed by atoms with van der Waals surface area (Å²) in [5.41, 5.74) is 1.63. The van der Waals surface area contributed by atoms with Crippen molar-refractivity contribution < 1.29 is 47.0 Å². The summed E-state index contributed by atoms with van der Waals surface area (Å²) in [5, 5.41) is 4.15. The first kappa shape index (κ1) is 24.4. The first-order valence-corrected chi connectivity index (χ1v) is 10.8. The summed E-state index contributed by atoms with van der Waals surface area (Å²) in [7, 11) is 0. The van der Waals surface area contributed by atoms with Gasteiger partial charge in [-0.3, -0.25) is 4.79 Å². The monoisotopic (exact) mass is 508 g/mol. The van der Waals surface area contributed by atoms with Crippen LogP contribution in [0.15, 0.2) is 42.7 Å². The van der Waals surface area contributed by atoms with Gasteiger partial charge < -0.3 is 19.7 Å². The summed E-state index contributed by atoms with van der Waals surface area (Å²) < 4.78 is 11.7. The molecule has 3 aromatic rings. The molecular weight excluding hydrogens is 481 g/mol. The Morgan fingerprint density at radius 1 is 1.22 bits per heavy atom. The normalized spacial score (nSPS) is 15.3. The van der Waals surface area contributed by atoms with Gasteiger partial charge in [-0.15, -0.1) is 18.2 Å². The van der Waals surface area contributed by atoms with E-state index in [0.29, 0.717) is 37.0 Å². The number of aromatic nitrogens is 2. The van der Waals surface area contributed by atoms with E-state index in [1.807, 2.05) is 55.1 Å². The number of amides is 1. The SMILES string of the molecule is CCOc1[c-]cc(Nc2ncnc3cccc(OCC4CCCN4C(=O)CC)c23)cc1.[Y]. The van der Waals surface area contributed by atoms with Crippen molar-refractivity contribution in [1.29, 1.82) is 0 Å². The van der Waals surface area contributed by atoms with Gasteiger partial charge in [0.1, 0.15) is 24.5 Å². The Hall–Kier alpha value is -2.25. The average molecular weight is 508 g/mol. The van der Waals surface area contributed by atoms with Crippen LogP contribution in [0.25, 0.3) is 10.9 Å². The minimum Gasteiger partial charge on any atom is -0.520 e. The third-order valence-electron chi connectivity index (χ3n) is 5.40. The Bertz CT molecular complexity index is 1040. The first-order valence-electron chi connectivity index (χ1n) is 10.8. The average Bonchev–Trinajstić information content (AvgIpc) is 3.27. The maximum Gasteiger partial charge on any atom is 0.222 e. The molecule has 1 amide bonds. The van der Waals surface area contributed by atoms with E-state index in [1.165, 1.54) is 6.33 Å². The Morgan fingerprint density at radius 2 is 2.09 bits per heavy atom. The van der Waals surface area contributed by atoms with Crippen molar-refractivity contribution in [3.63, 3.8) is 0 Å². The van der Waals surface area contributed by atoms with Crippen molar-refractivity contribution in [3.8, 4) is 11.5 Å². The van der Waals surface area contributed by atoms with Crippen LogP contribution in [0.2, 0.25) is 0 Å². The van der Waals surface area contributed by atoms with E-state index in [4.69, 9.17) is 9.47 Å². The Balaban J connectivity index is 0.00000289. The molecule has 1 aromatic heterocycles. The van der Waals surface area contributed by atoms with Crippen molar-refractivity contribution in [2.24, 2.45) is 0 Å². The molecule has 1 unspecified atom stereocenters. The molecule has 1 aliphatic rings. The van der Waals surface area contributed by atoms with Crippen molar-refractivity contribution in [3.05, 3.63) is 48.8 Å². The third-order valence-corrected chi connectivity index (χ3v) is 5.40. The second kappa shape index (κ2) is 11.6. The number of hydrogen-bond donors (Lipinski definition) is 1. The van der Waals surface area contributed by atoms with Gasteiger partial charge in [0, 0.05) is 51.4 Å². The number of rotatable bonds is 8. The summed E-state index contributed by atoms with van der Waals surface area (Å²) in [6.07, 6.45) is 4.02. The number of carbonyl (C=O) groups excluding carboxylic acids is 1. The number of benzene rings is 2. The van der Waals surface area contributed by atoms with Gasteiger partial charge >= 0.3 is 0 Å². The molecule has 0 spiro atoms. The van der Waals surface area contributed by atoms with Crippen LogP contribution >= 0.6 is 0 Å². The number of carbonyl (C=O) groups is 1. The van der Waals surface area contributed by atoms with Crippen molar-refractivity contribution in [1.82, 2.24) is 14.9 Å². The second-order valence-corrected chi connectivity index (χ2v) is 7.42.